The van der Waals surface area contributed by atoms with Crippen LogP contribution < -0.4 is 4.74 Å². The Morgan fingerprint density at radius 1 is 0.833 bits per heavy atom. The zero-order chi connectivity index (χ0) is 48.0. The van der Waals surface area contributed by atoms with Crippen LogP contribution in [0.25, 0.3) is 0 Å². The first-order chi connectivity index (χ1) is 31.2. The molecule has 0 radical (unpaired) electrons. The molecule has 2 bridgehead atoms. The molecule has 0 spiro atoms. The van der Waals surface area contributed by atoms with Crippen LogP contribution in [0.3, 0.4) is 0 Å². The fourth-order valence-corrected chi connectivity index (χ4v) is 8.74. The summed E-state index contributed by atoms with van der Waals surface area (Å²) in [5.74, 6) is -5.05. The highest BCUT2D eigenvalue weighted by atomic mass is 35.6. The summed E-state index contributed by atoms with van der Waals surface area (Å²) in [5.41, 5.74) is 0.876. The van der Waals surface area contributed by atoms with E-state index in [9.17, 15) is 22.8 Å². The molecule has 3 amide bonds. The van der Waals surface area contributed by atoms with Crippen molar-refractivity contribution in [1.82, 2.24) is 20.1 Å². The van der Waals surface area contributed by atoms with Gasteiger partial charge in [-0.2, -0.15) is 4.39 Å². The van der Waals surface area contributed by atoms with Crippen molar-refractivity contribution in [3.8, 4) is 5.75 Å². The minimum absolute atomic E-state index is 0.0152. The third kappa shape index (κ3) is 12.3. The Labute approximate surface area is 397 Å². The lowest BCUT2D eigenvalue weighted by molar-refractivity contribution is -0.493. The Morgan fingerprint density at radius 3 is 2.12 bits per heavy atom. The van der Waals surface area contributed by atoms with Gasteiger partial charge in [0.1, 0.15) is 6.61 Å². The zero-order valence-electron chi connectivity index (χ0n) is 37.2. The normalized spacial score (nSPS) is 20.9. The molecule has 1 aliphatic carbocycles. The molecule has 4 unspecified atom stereocenters. The van der Waals surface area contributed by atoms with Gasteiger partial charge in [-0.05, 0) is 95.0 Å². The van der Waals surface area contributed by atoms with Gasteiger partial charge < -0.3 is 28.7 Å². The molecular formula is C46H56Cl3F3N4O10. The van der Waals surface area contributed by atoms with Gasteiger partial charge in [0, 0.05) is 31.6 Å². The molecule has 2 aliphatic heterocycles. The van der Waals surface area contributed by atoms with E-state index in [1.165, 1.54) is 23.6 Å². The molecule has 3 aromatic rings. The molecule has 2 N–H and O–H groups in total. The van der Waals surface area contributed by atoms with Crippen molar-refractivity contribution in [3.63, 3.8) is 0 Å². The first kappa shape index (κ1) is 51.3. The maximum atomic E-state index is 15.7. The highest BCUT2D eigenvalue weighted by Gasteiger charge is 2.62. The van der Waals surface area contributed by atoms with E-state index in [1.54, 1.807) is 0 Å². The van der Waals surface area contributed by atoms with Gasteiger partial charge in [0.05, 0.1) is 49.3 Å². The molecule has 2 heterocycles. The number of amides is 3. The summed E-state index contributed by atoms with van der Waals surface area (Å²) < 4.78 is 62.2. The number of piperidine rings is 1. The number of aryl methyl sites for hydroxylation is 2. The van der Waals surface area contributed by atoms with E-state index in [-0.39, 0.29) is 64.5 Å². The average molecular weight is 988 g/mol. The van der Waals surface area contributed by atoms with Crippen molar-refractivity contribution >= 4 is 52.9 Å². The maximum absolute atomic E-state index is 15.7. The smallest absolute Gasteiger partial charge is 0.411 e. The van der Waals surface area contributed by atoms with E-state index in [2.05, 4.69) is 4.84 Å². The molecule has 4 atom stereocenters. The molecule has 1 saturated carbocycles. The number of likely N-dealkylation sites (tertiary alicyclic amines) is 1. The monoisotopic (exact) mass is 986 g/mol. The molecule has 2 saturated heterocycles. The van der Waals surface area contributed by atoms with E-state index in [0.29, 0.717) is 31.9 Å². The van der Waals surface area contributed by atoms with Gasteiger partial charge in [0.25, 0.3) is 0 Å². The number of fused-ring (bicyclic) bond motifs is 2. The van der Waals surface area contributed by atoms with E-state index >= 15 is 4.79 Å². The lowest BCUT2D eigenvalue weighted by Crippen LogP contribution is -2.73. The van der Waals surface area contributed by atoms with Crippen LogP contribution in [-0.2, 0) is 36.7 Å². The molecule has 6 rings (SSSR count). The summed E-state index contributed by atoms with van der Waals surface area (Å²) in [6, 6.07) is 15.6. The SMILES string of the molecule is Cc1ccc(CCN(C(=O)C2(C)C(c3ccc(CCCOc4c(F)ccc(F)c4F)cc3)CC3CN(C(=O)OCCOCCON(O)O)CC2N3C(=O)OC(C)(C)C(Cl)(Cl)Cl)C2CC2)cc1. The summed E-state index contributed by atoms with van der Waals surface area (Å²) in [4.78, 5) is 53.4. The number of nitrogens with zero attached hydrogens (tertiary/aromatic N) is 4. The molecule has 3 aliphatic rings. The van der Waals surface area contributed by atoms with Gasteiger partial charge in [0.2, 0.25) is 15.5 Å². The number of carbonyl (C=O) groups is 3. The second-order valence-corrected chi connectivity index (χ2v) is 19.9. The predicted octanol–water partition coefficient (Wildman–Crippen LogP) is 8.96. The van der Waals surface area contributed by atoms with E-state index < -0.39 is 73.6 Å². The quantitative estimate of drug-likeness (QED) is 0.0513. The summed E-state index contributed by atoms with van der Waals surface area (Å²) in [6.07, 6.45) is 1.71. The third-order valence-electron chi connectivity index (χ3n) is 12.6. The number of halogens is 6. The summed E-state index contributed by atoms with van der Waals surface area (Å²) in [6.45, 7) is 6.64. The standard InChI is InChI=1S/C46H56Cl3F3N4O10/c1-29-7-9-31(10-8-29)19-20-54(33-15-16-33)41(57)45(4)35(32-13-11-30(12-14-32)6-5-21-63-40-37(51)18-17-36(50)39(40)52)26-34-27-53(42(58)64-24-22-62-23-25-65-56(60)61)28-38(45)55(34)43(59)66-44(2,3)46(47,48)49/h7-14,17-18,33-35,38,60-61H,5-6,15-16,19-28H2,1-4H3. The molecule has 362 valence electrons. The van der Waals surface area contributed by atoms with Crippen molar-refractivity contribution in [2.24, 2.45) is 5.41 Å². The van der Waals surface area contributed by atoms with Crippen LogP contribution in [0.4, 0.5) is 22.8 Å². The number of hydrogen-bond acceptors (Lipinski definition) is 11. The number of hydrogen-bond donors (Lipinski definition) is 2. The first-order valence-corrected chi connectivity index (χ1v) is 22.9. The Bertz CT molecular complexity index is 2150. The van der Waals surface area contributed by atoms with E-state index in [4.69, 9.17) is 64.2 Å². The van der Waals surface area contributed by atoms with Crippen LogP contribution >= 0.6 is 34.8 Å². The first-order valence-electron chi connectivity index (χ1n) is 21.8. The minimum atomic E-state index is -2.02. The number of piperazine rings is 1. The van der Waals surface area contributed by atoms with Gasteiger partial charge >= 0.3 is 12.2 Å². The Hall–Kier alpha value is -4.07. The topological polar surface area (TPSA) is 151 Å². The summed E-state index contributed by atoms with van der Waals surface area (Å²) in [5, 5.41) is 17.0. The molecule has 0 aromatic heterocycles. The second-order valence-electron chi connectivity index (χ2n) is 17.6. The van der Waals surface area contributed by atoms with Gasteiger partial charge in [-0.3, -0.25) is 20.1 Å². The predicted molar refractivity (Wildman–Crippen MR) is 237 cm³/mol. The highest BCUT2D eigenvalue weighted by Crippen LogP contribution is 2.53. The molecule has 20 heteroatoms. The fourth-order valence-electron chi connectivity index (χ4n) is 8.63. The molecule has 66 heavy (non-hydrogen) atoms. The van der Waals surface area contributed by atoms with Crippen LogP contribution in [-0.4, -0.2) is 129 Å². The molecule has 3 aromatic carbocycles. The van der Waals surface area contributed by atoms with Crippen LogP contribution in [0, 0.1) is 29.8 Å². The van der Waals surface area contributed by atoms with E-state index in [0.717, 1.165) is 41.2 Å². The van der Waals surface area contributed by atoms with Gasteiger partial charge in [0.15, 0.2) is 23.0 Å². The van der Waals surface area contributed by atoms with E-state index in [1.807, 2.05) is 67.3 Å². The molecular weight excluding hydrogens is 932 g/mol. The Morgan fingerprint density at radius 2 is 1.47 bits per heavy atom. The van der Waals surface area contributed by atoms with Gasteiger partial charge in [-0.25, -0.2) is 23.2 Å². The van der Waals surface area contributed by atoms with Crippen molar-refractivity contribution in [2.45, 2.75) is 99.7 Å². The lowest BCUT2D eigenvalue weighted by atomic mass is 9.60. The second kappa shape index (κ2) is 21.9. The zero-order valence-corrected chi connectivity index (χ0v) is 39.5. The third-order valence-corrected chi connectivity index (χ3v) is 13.9. The number of benzene rings is 3. The largest absolute Gasteiger partial charge is 0.488 e. The fraction of sp³-hybridized carbons (Fsp3) is 0.543. The van der Waals surface area contributed by atoms with Crippen LogP contribution in [0.2, 0.25) is 0 Å². The highest BCUT2D eigenvalue weighted by molar-refractivity contribution is 6.68. The minimum Gasteiger partial charge on any atom is -0.488 e. The number of alkyl halides is 3. The van der Waals surface area contributed by atoms with Crippen LogP contribution in [0.1, 0.15) is 74.6 Å². The van der Waals surface area contributed by atoms with Crippen molar-refractivity contribution in [3.05, 3.63) is 100 Å². The lowest BCUT2D eigenvalue weighted by Gasteiger charge is -2.59. The van der Waals surface area contributed by atoms with Crippen LogP contribution in [0.5, 0.6) is 5.75 Å². The van der Waals surface area contributed by atoms with Gasteiger partial charge in [-0.15, -0.1) is 0 Å². The Kier molecular flexibility index (Phi) is 17.0. The number of ether oxygens (including phenoxy) is 4. The van der Waals surface area contributed by atoms with Crippen molar-refractivity contribution in [2.75, 3.05) is 52.7 Å². The summed E-state index contributed by atoms with van der Waals surface area (Å²) >= 11 is 18.9. The molecule has 3 fully saturated rings. The average Bonchev–Trinajstić information content (AvgIpc) is 4.11. The number of rotatable bonds is 19. The van der Waals surface area contributed by atoms with Crippen molar-refractivity contribution in [1.29, 1.82) is 0 Å². The number of carbonyl (C=O) groups excluding carboxylic acids is 3. The molecule has 14 nitrogen and oxygen atoms in total. The summed E-state index contributed by atoms with van der Waals surface area (Å²) in [7, 11) is 0. The maximum Gasteiger partial charge on any atom is 0.411 e. The van der Waals surface area contributed by atoms with Crippen LogP contribution in [0.15, 0.2) is 60.7 Å². The van der Waals surface area contributed by atoms with Crippen molar-refractivity contribution < 1.29 is 61.8 Å². The van der Waals surface area contributed by atoms with Gasteiger partial charge in [-0.1, -0.05) is 88.9 Å². The Balaban J connectivity index is 1.30.